The molecule has 2 N–H and O–H groups in total. The Morgan fingerprint density at radius 1 is 1.37 bits per heavy atom. The van der Waals surface area contributed by atoms with Crippen LogP contribution in [0.4, 0.5) is 0 Å². The highest BCUT2D eigenvalue weighted by Gasteiger charge is 2.08. The predicted molar refractivity (Wildman–Crippen MR) is 81.7 cm³/mol. The number of benzene rings is 1. The monoisotopic (exact) mass is 327 g/mol. The number of rotatable bonds is 6. The molecule has 0 amide bonds. The Morgan fingerprint density at radius 2 is 2.16 bits per heavy atom. The van der Waals surface area contributed by atoms with E-state index in [4.69, 9.17) is 4.74 Å². The number of hydrogen-bond acceptors (Lipinski definition) is 4. The zero-order valence-corrected chi connectivity index (χ0v) is 13.0. The van der Waals surface area contributed by atoms with Gasteiger partial charge in [0.15, 0.2) is 0 Å². The van der Waals surface area contributed by atoms with Gasteiger partial charge in [-0.2, -0.15) is 0 Å². The van der Waals surface area contributed by atoms with Crippen molar-refractivity contribution in [1.29, 1.82) is 0 Å². The van der Waals surface area contributed by atoms with E-state index in [1.165, 1.54) is 5.56 Å². The quantitative estimate of drug-likeness (QED) is 0.775. The molecule has 0 unspecified atom stereocenters. The highest BCUT2D eigenvalue weighted by molar-refractivity contribution is 9.10. The minimum absolute atomic E-state index is 0.842. The summed E-state index contributed by atoms with van der Waals surface area (Å²) in [6.07, 6.45) is 0. The molecular weight excluding hydrogens is 306 g/mol. The van der Waals surface area contributed by atoms with Crippen molar-refractivity contribution in [2.45, 2.75) is 6.54 Å². The smallest absolute Gasteiger partial charge is 0.123 e. The van der Waals surface area contributed by atoms with Gasteiger partial charge in [-0.3, -0.25) is 4.90 Å². The van der Waals surface area contributed by atoms with Gasteiger partial charge in [0.25, 0.3) is 0 Å². The van der Waals surface area contributed by atoms with Crippen molar-refractivity contribution in [1.82, 2.24) is 15.5 Å². The Balaban J connectivity index is 1.74. The number of hydrogen-bond donors (Lipinski definition) is 2. The summed E-state index contributed by atoms with van der Waals surface area (Å²) >= 11 is 3.50. The molecule has 0 radical (unpaired) electrons. The van der Waals surface area contributed by atoms with Gasteiger partial charge in [-0.1, -0.05) is 15.9 Å². The molecule has 1 heterocycles. The summed E-state index contributed by atoms with van der Waals surface area (Å²) < 4.78 is 6.46. The van der Waals surface area contributed by atoms with Crippen molar-refractivity contribution >= 4 is 15.9 Å². The second kappa shape index (κ2) is 7.85. The van der Waals surface area contributed by atoms with Crippen molar-refractivity contribution in [2.75, 3.05) is 46.4 Å². The van der Waals surface area contributed by atoms with E-state index >= 15 is 0 Å². The van der Waals surface area contributed by atoms with E-state index in [-0.39, 0.29) is 0 Å². The first-order valence-electron chi connectivity index (χ1n) is 6.76. The zero-order chi connectivity index (χ0) is 13.5. The summed E-state index contributed by atoms with van der Waals surface area (Å²) in [7, 11) is 1.72. The minimum atomic E-state index is 0.842. The molecule has 2 rings (SSSR count). The molecule has 5 heteroatoms. The molecule has 1 aliphatic heterocycles. The van der Waals surface area contributed by atoms with Crippen LogP contribution in [0.15, 0.2) is 22.7 Å². The van der Waals surface area contributed by atoms with Crippen LogP contribution in [0.2, 0.25) is 0 Å². The lowest BCUT2D eigenvalue weighted by atomic mass is 10.2. The third-order valence-electron chi connectivity index (χ3n) is 3.37. The van der Waals surface area contributed by atoms with Gasteiger partial charge in [0.2, 0.25) is 0 Å². The van der Waals surface area contributed by atoms with E-state index in [0.717, 1.165) is 56.0 Å². The molecule has 0 aromatic heterocycles. The number of ether oxygens (including phenoxy) is 1. The highest BCUT2D eigenvalue weighted by Crippen LogP contribution is 2.22. The molecule has 0 spiro atoms. The Kier molecular flexibility index (Phi) is 6.10. The maximum absolute atomic E-state index is 5.37. The third kappa shape index (κ3) is 4.76. The standard InChI is InChI=1S/C14H22BrN3O/c1-19-14-3-2-13(15)10-12(14)11-17-6-9-18-7-4-16-5-8-18/h2-3,10,16-17H,4-9,11H2,1H3. The summed E-state index contributed by atoms with van der Waals surface area (Å²) in [4.78, 5) is 2.49. The minimum Gasteiger partial charge on any atom is -0.496 e. The molecule has 0 atom stereocenters. The molecule has 4 nitrogen and oxygen atoms in total. The van der Waals surface area contributed by atoms with E-state index in [9.17, 15) is 0 Å². The van der Waals surface area contributed by atoms with E-state index in [1.807, 2.05) is 12.1 Å². The average molecular weight is 328 g/mol. The molecule has 1 aliphatic rings. The molecule has 1 aromatic carbocycles. The van der Waals surface area contributed by atoms with Crippen molar-refractivity contribution in [3.8, 4) is 5.75 Å². The van der Waals surface area contributed by atoms with Crippen LogP contribution in [0.25, 0.3) is 0 Å². The SMILES string of the molecule is COc1ccc(Br)cc1CNCCN1CCNCC1. The molecule has 0 saturated carbocycles. The molecule has 1 saturated heterocycles. The van der Waals surface area contributed by atoms with Crippen molar-refractivity contribution in [2.24, 2.45) is 0 Å². The van der Waals surface area contributed by atoms with Gasteiger partial charge in [-0.15, -0.1) is 0 Å². The summed E-state index contributed by atoms with van der Waals surface area (Å²) in [5.74, 6) is 0.942. The Morgan fingerprint density at radius 3 is 2.89 bits per heavy atom. The number of methoxy groups -OCH3 is 1. The van der Waals surface area contributed by atoms with Crippen LogP contribution in [-0.4, -0.2) is 51.3 Å². The Labute approximate surface area is 123 Å². The first-order valence-corrected chi connectivity index (χ1v) is 7.55. The third-order valence-corrected chi connectivity index (χ3v) is 3.87. The van der Waals surface area contributed by atoms with Crippen LogP contribution < -0.4 is 15.4 Å². The van der Waals surface area contributed by atoms with Crippen molar-refractivity contribution in [3.63, 3.8) is 0 Å². The number of nitrogens with zero attached hydrogens (tertiary/aromatic N) is 1. The summed E-state index contributed by atoms with van der Waals surface area (Å²) in [6, 6.07) is 6.11. The van der Waals surface area contributed by atoms with Crippen LogP contribution in [0.5, 0.6) is 5.75 Å². The van der Waals surface area contributed by atoms with Crippen LogP contribution in [-0.2, 0) is 6.54 Å². The van der Waals surface area contributed by atoms with Crippen LogP contribution in [0.3, 0.4) is 0 Å². The summed E-state index contributed by atoms with van der Waals surface area (Å²) in [6.45, 7) is 7.49. The lowest BCUT2D eigenvalue weighted by molar-refractivity contribution is 0.241. The average Bonchev–Trinajstić information content (AvgIpc) is 2.45. The molecule has 1 aromatic rings. The van der Waals surface area contributed by atoms with Gasteiger partial charge in [0.1, 0.15) is 5.75 Å². The first-order chi connectivity index (χ1) is 9.29. The van der Waals surface area contributed by atoms with E-state index < -0.39 is 0 Å². The number of piperazine rings is 1. The molecule has 19 heavy (non-hydrogen) atoms. The topological polar surface area (TPSA) is 36.5 Å². The summed E-state index contributed by atoms with van der Waals surface area (Å²) in [5, 5.41) is 6.86. The highest BCUT2D eigenvalue weighted by atomic mass is 79.9. The lowest BCUT2D eigenvalue weighted by Gasteiger charge is -2.27. The zero-order valence-electron chi connectivity index (χ0n) is 11.4. The maximum atomic E-state index is 5.37. The van der Waals surface area contributed by atoms with E-state index in [0.29, 0.717) is 0 Å². The van der Waals surface area contributed by atoms with E-state index in [1.54, 1.807) is 7.11 Å². The van der Waals surface area contributed by atoms with E-state index in [2.05, 4.69) is 37.5 Å². The van der Waals surface area contributed by atoms with Gasteiger partial charge in [-0.25, -0.2) is 0 Å². The lowest BCUT2D eigenvalue weighted by Crippen LogP contribution is -2.45. The van der Waals surface area contributed by atoms with Gasteiger partial charge in [-0.05, 0) is 18.2 Å². The fourth-order valence-corrected chi connectivity index (χ4v) is 2.69. The molecule has 106 valence electrons. The second-order valence-corrected chi connectivity index (χ2v) is 5.64. The Bertz CT molecular complexity index is 394. The first kappa shape index (κ1) is 14.8. The Hall–Kier alpha value is -0.620. The normalized spacial score (nSPS) is 16.5. The van der Waals surface area contributed by atoms with Crippen LogP contribution in [0.1, 0.15) is 5.56 Å². The largest absolute Gasteiger partial charge is 0.496 e. The summed E-state index contributed by atoms with van der Waals surface area (Å²) in [5.41, 5.74) is 1.19. The fraction of sp³-hybridized carbons (Fsp3) is 0.571. The molecule has 1 fully saturated rings. The van der Waals surface area contributed by atoms with Crippen molar-refractivity contribution in [3.05, 3.63) is 28.2 Å². The number of nitrogens with one attached hydrogen (secondary N) is 2. The van der Waals surface area contributed by atoms with Crippen LogP contribution >= 0.6 is 15.9 Å². The van der Waals surface area contributed by atoms with Gasteiger partial charge in [0, 0.05) is 55.8 Å². The predicted octanol–water partition coefficient (Wildman–Crippen LogP) is 1.45. The maximum Gasteiger partial charge on any atom is 0.123 e. The number of halogens is 1. The van der Waals surface area contributed by atoms with Crippen molar-refractivity contribution < 1.29 is 4.74 Å². The van der Waals surface area contributed by atoms with Gasteiger partial charge < -0.3 is 15.4 Å². The van der Waals surface area contributed by atoms with Crippen LogP contribution in [0, 0.1) is 0 Å². The molecule has 0 bridgehead atoms. The second-order valence-electron chi connectivity index (χ2n) is 4.72. The van der Waals surface area contributed by atoms with Gasteiger partial charge in [0.05, 0.1) is 7.11 Å². The molecule has 0 aliphatic carbocycles. The fourth-order valence-electron chi connectivity index (χ4n) is 2.28. The molecular formula is C14H22BrN3O. The van der Waals surface area contributed by atoms with Gasteiger partial charge >= 0.3 is 0 Å².